The average molecular weight is 330 g/mol. The number of carbonyl (C=O) groups is 1. The Morgan fingerprint density at radius 3 is 2.52 bits per heavy atom. The minimum atomic E-state index is -0.731. The molecule has 0 saturated heterocycles. The van der Waals surface area contributed by atoms with E-state index in [-0.39, 0.29) is 11.5 Å². The fraction of sp³-hybridized carbons (Fsp3) is 0.316. The smallest absolute Gasteiger partial charge is 0.405 e. The Balaban J connectivity index is 2.01. The lowest BCUT2D eigenvalue weighted by molar-refractivity contribution is 0.0392. The molecule has 1 atom stereocenters. The number of hydrogen-bond donors (Lipinski definition) is 1. The number of halogens is 1. The van der Waals surface area contributed by atoms with Crippen molar-refractivity contribution in [1.29, 1.82) is 0 Å². The van der Waals surface area contributed by atoms with Gasteiger partial charge in [-0.15, -0.1) is 0 Å². The van der Waals surface area contributed by atoms with Crippen LogP contribution in [-0.4, -0.2) is 6.09 Å². The Bertz CT molecular complexity index is 783. The molecule has 2 aromatic rings. The standard InChI is InChI=1S/C19H20ClNO2/c1-11-4-5-13(9-16(11)20)12-6-7-15-14(8-12)10-19(2,3)17(15)23-18(21)22/h4-9,17H,10H2,1-3H3,(H2,21,22)/t17-/m0/s1. The molecule has 0 bridgehead atoms. The van der Waals surface area contributed by atoms with Crippen LogP contribution in [0.3, 0.4) is 0 Å². The predicted molar refractivity (Wildman–Crippen MR) is 92.5 cm³/mol. The number of fused-ring (bicyclic) bond motifs is 1. The van der Waals surface area contributed by atoms with Gasteiger partial charge in [-0.1, -0.05) is 55.8 Å². The van der Waals surface area contributed by atoms with Gasteiger partial charge in [0.15, 0.2) is 0 Å². The lowest BCUT2D eigenvalue weighted by atomic mass is 9.87. The van der Waals surface area contributed by atoms with Crippen molar-refractivity contribution in [3.8, 4) is 11.1 Å². The minimum absolute atomic E-state index is 0.166. The minimum Gasteiger partial charge on any atom is -0.441 e. The lowest BCUT2D eigenvalue weighted by Crippen LogP contribution is -2.25. The van der Waals surface area contributed by atoms with E-state index in [9.17, 15) is 4.79 Å². The third-order valence-electron chi connectivity index (χ3n) is 4.52. The molecule has 1 aliphatic rings. The SMILES string of the molecule is Cc1ccc(-c2ccc3c(c2)CC(C)(C)[C@H]3OC(N)=O)cc1Cl. The molecule has 2 N–H and O–H groups in total. The van der Waals surface area contributed by atoms with E-state index in [4.69, 9.17) is 22.1 Å². The summed E-state index contributed by atoms with van der Waals surface area (Å²) < 4.78 is 5.35. The van der Waals surface area contributed by atoms with E-state index in [2.05, 4.69) is 26.0 Å². The van der Waals surface area contributed by atoms with Crippen LogP contribution < -0.4 is 5.73 Å². The Hall–Kier alpha value is -2.00. The van der Waals surface area contributed by atoms with Gasteiger partial charge in [-0.25, -0.2) is 4.79 Å². The summed E-state index contributed by atoms with van der Waals surface area (Å²) in [5, 5.41) is 0.762. The number of aryl methyl sites for hydroxylation is 1. The predicted octanol–water partition coefficient (Wildman–Crippen LogP) is 5.03. The van der Waals surface area contributed by atoms with Gasteiger partial charge in [0.1, 0.15) is 6.10 Å². The highest BCUT2D eigenvalue weighted by Crippen LogP contribution is 2.48. The summed E-state index contributed by atoms with van der Waals surface area (Å²) in [6.07, 6.45) is -0.191. The maximum atomic E-state index is 11.2. The van der Waals surface area contributed by atoms with Crippen molar-refractivity contribution in [2.24, 2.45) is 11.1 Å². The van der Waals surface area contributed by atoms with Gasteiger partial charge in [0.25, 0.3) is 0 Å². The average Bonchev–Trinajstić information content (AvgIpc) is 2.71. The maximum Gasteiger partial charge on any atom is 0.405 e. The molecule has 120 valence electrons. The highest BCUT2D eigenvalue weighted by atomic mass is 35.5. The van der Waals surface area contributed by atoms with Crippen LogP contribution >= 0.6 is 11.6 Å². The number of rotatable bonds is 2. The zero-order valence-corrected chi connectivity index (χ0v) is 14.3. The summed E-state index contributed by atoms with van der Waals surface area (Å²) in [7, 11) is 0. The highest BCUT2D eigenvalue weighted by molar-refractivity contribution is 6.31. The van der Waals surface area contributed by atoms with Crippen molar-refractivity contribution >= 4 is 17.7 Å². The van der Waals surface area contributed by atoms with Crippen molar-refractivity contribution < 1.29 is 9.53 Å². The van der Waals surface area contributed by atoms with Crippen LogP contribution in [0.2, 0.25) is 5.02 Å². The van der Waals surface area contributed by atoms with Gasteiger partial charge in [0, 0.05) is 10.4 Å². The number of ether oxygens (including phenoxy) is 1. The van der Waals surface area contributed by atoms with Crippen molar-refractivity contribution in [3.05, 3.63) is 58.1 Å². The van der Waals surface area contributed by atoms with Crippen LogP contribution in [0.4, 0.5) is 4.79 Å². The maximum absolute atomic E-state index is 11.2. The number of hydrogen-bond acceptors (Lipinski definition) is 2. The first kappa shape index (κ1) is 15.9. The summed E-state index contributed by atoms with van der Waals surface area (Å²) in [5.41, 5.74) is 10.5. The molecule has 0 saturated carbocycles. The highest BCUT2D eigenvalue weighted by Gasteiger charge is 2.41. The van der Waals surface area contributed by atoms with E-state index in [1.807, 2.05) is 31.2 Å². The number of nitrogens with two attached hydrogens (primary N) is 1. The molecule has 1 amide bonds. The van der Waals surface area contributed by atoms with Crippen LogP contribution in [0, 0.1) is 12.3 Å². The molecule has 0 unspecified atom stereocenters. The monoisotopic (exact) mass is 329 g/mol. The number of benzene rings is 2. The van der Waals surface area contributed by atoms with E-state index >= 15 is 0 Å². The van der Waals surface area contributed by atoms with Crippen LogP contribution in [0.25, 0.3) is 11.1 Å². The molecule has 0 radical (unpaired) electrons. The first-order valence-electron chi connectivity index (χ1n) is 7.63. The third kappa shape index (κ3) is 2.93. The number of primary amides is 1. The summed E-state index contributed by atoms with van der Waals surface area (Å²) in [4.78, 5) is 11.2. The van der Waals surface area contributed by atoms with Gasteiger partial charge in [-0.2, -0.15) is 0 Å². The van der Waals surface area contributed by atoms with Crippen LogP contribution in [0.5, 0.6) is 0 Å². The lowest BCUT2D eigenvalue weighted by Gasteiger charge is -2.26. The summed E-state index contributed by atoms with van der Waals surface area (Å²) in [5.74, 6) is 0. The Kier molecular flexibility index (Phi) is 3.85. The zero-order chi connectivity index (χ0) is 16.8. The molecule has 2 aromatic carbocycles. The fourth-order valence-corrected chi connectivity index (χ4v) is 3.49. The second kappa shape index (κ2) is 5.57. The van der Waals surface area contributed by atoms with E-state index in [0.717, 1.165) is 33.7 Å². The first-order chi connectivity index (χ1) is 10.8. The molecular weight excluding hydrogens is 310 g/mol. The second-order valence-electron chi connectivity index (χ2n) is 6.86. The van der Waals surface area contributed by atoms with Crippen molar-refractivity contribution in [3.63, 3.8) is 0 Å². The van der Waals surface area contributed by atoms with Crippen LogP contribution in [0.1, 0.15) is 36.6 Å². The van der Waals surface area contributed by atoms with Gasteiger partial charge < -0.3 is 10.5 Å². The number of amides is 1. The van der Waals surface area contributed by atoms with Crippen molar-refractivity contribution in [1.82, 2.24) is 0 Å². The summed E-state index contributed by atoms with van der Waals surface area (Å²) in [6, 6.07) is 12.3. The Morgan fingerprint density at radius 1 is 1.22 bits per heavy atom. The largest absolute Gasteiger partial charge is 0.441 e. The normalized spacial score (nSPS) is 18.5. The topological polar surface area (TPSA) is 52.3 Å². The molecule has 23 heavy (non-hydrogen) atoms. The zero-order valence-electron chi connectivity index (χ0n) is 13.5. The molecule has 3 rings (SSSR count). The van der Waals surface area contributed by atoms with Crippen LogP contribution in [0.15, 0.2) is 36.4 Å². The third-order valence-corrected chi connectivity index (χ3v) is 4.93. The van der Waals surface area contributed by atoms with Gasteiger partial charge in [-0.3, -0.25) is 0 Å². The Labute approximate surface area is 141 Å². The van der Waals surface area contributed by atoms with Crippen molar-refractivity contribution in [2.45, 2.75) is 33.3 Å². The molecule has 0 heterocycles. The quantitative estimate of drug-likeness (QED) is 0.839. The number of carbonyl (C=O) groups excluding carboxylic acids is 1. The molecule has 4 heteroatoms. The van der Waals surface area contributed by atoms with Gasteiger partial charge in [0.05, 0.1) is 0 Å². The molecule has 0 aliphatic heterocycles. The molecular formula is C19H20ClNO2. The van der Waals surface area contributed by atoms with Gasteiger partial charge >= 0.3 is 6.09 Å². The molecule has 0 spiro atoms. The second-order valence-corrected chi connectivity index (χ2v) is 7.27. The molecule has 0 fully saturated rings. The molecule has 0 aromatic heterocycles. The van der Waals surface area contributed by atoms with E-state index in [1.165, 1.54) is 5.56 Å². The van der Waals surface area contributed by atoms with E-state index < -0.39 is 6.09 Å². The molecule has 3 nitrogen and oxygen atoms in total. The van der Waals surface area contributed by atoms with Gasteiger partial charge in [0.2, 0.25) is 0 Å². The summed E-state index contributed by atoms with van der Waals surface area (Å²) >= 11 is 6.24. The van der Waals surface area contributed by atoms with Crippen LogP contribution in [-0.2, 0) is 11.2 Å². The first-order valence-corrected chi connectivity index (χ1v) is 8.01. The summed E-state index contributed by atoms with van der Waals surface area (Å²) in [6.45, 7) is 6.16. The van der Waals surface area contributed by atoms with E-state index in [0.29, 0.717) is 0 Å². The van der Waals surface area contributed by atoms with Crippen molar-refractivity contribution in [2.75, 3.05) is 0 Å². The van der Waals surface area contributed by atoms with Gasteiger partial charge in [-0.05, 0) is 47.2 Å². The Morgan fingerprint density at radius 2 is 1.87 bits per heavy atom. The van der Waals surface area contributed by atoms with E-state index in [1.54, 1.807) is 0 Å². The molecule has 1 aliphatic carbocycles. The fourth-order valence-electron chi connectivity index (χ4n) is 3.31.